The van der Waals surface area contributed by atoms with Crippen molar-refractivity contribution in [2.75, 3.05) is 0 Å². The molecule has 0 saturated carbocycles. The Morgan fingerprint density at radius 2 is 1.90 bits per heavy atom. The second kappa shape index (κ2) is 5.00. The van der Waals surface area contributed by atoms with Gasteiger partial charge in [-0.3, -0.25) is 0 Å². The molecular weight excluding hydrogens is 279 g/mol. The van der Waals surface area contributed by atoms with Crippen LogP contribution in [0.4, 0.5) is 0 Å². The zero-order valence-corrected chi connectivity index (χ0v) is 13.5. The van der Waals surface area contributed by atoms with Crippen molar-refractivity contribution in [2.45, 2.75) is 17.8 Å². The van der Waals surface area contributed by atoms with Gasteiger partial charge in [-0.25, -0.2) is 0 Å². The lowest BCUT2D eigenvalue weighted by Gasteiger charge is -2.32. The Morgan fingerprint density at radius 3 is 2.55 bits per heavy atom. The van der Waals surface area contributed by atoms with Crippen LogP contribution in [0, 0.1) is 0 Å². The van der Waals surface area contributed by atoms with E-state index in [-0.39, 0.29) is 4.66 Å². The predicted molar refractivity (Wildman–Crippen MR) is 86.5 cm³/mol. The first-order valence-corrected chi connectivity index (χ1v) is 9.61. The van der Waals surface area contributed by atoms with Crippen LogP contribution in [0.2, 0.25) is 17.8 Å². The van der Waals surface area contributed by atoms with Crippen LogP contribution in [0.1, 0.15) is 0 Å². The third-order valence-corrected chi connectivity index (χ3v) is 7.96. The number of hydrogen-bond acceptors (Lipinski definition) is 2. The molecule has 0 aliphatic heterocycles. The van der Waals surface area contributed by atoms with E-state index in [2.05, 4.69) is 37.4 Å². The maximum atomic E-state index is 9.41. The van der Waals surface area contributed by atoms with Crippen LogP contribution in [0.15, 0.2) is 42.0 Å². The molecule has 1 aromatic rings. The lowest BCUT2D eigenvalue weighted by atomic mass is 9.80. The molecule has 0 aromatic heterocycles. The highest BCUT2D eigenvalue weighted by Crippen LogP contribution is 2.43. The van der Waals surface area contributed by atoms with Crippen LogP contribution in [0.25, 0.3) is 11.6 Å². The molecule has 0 bridgehead atoms. The fraction of sp³-hybridized carbons (Fsp3) is 0.200. The van der Waals surface area contributed by atoms with Gasteiger partial charge in [-0.1, -0.05) is 49.5 Å². The maximum absolute atomic E-state index is 9.41. The van der Waals surface area contributed by atoms with E-state index in [0.717, 1.165) is 24.3 Å². The molecule has 0 atom stereocenters. The van der Waals surface area contributed by atoms with E-state index in [0.29, 0.717) is 5.46 Å². The van der Waals surface area contributed by atoms with Crippen molar-refractivity contribution < 1.29 is 10.0 Å². The fourth-order valence-electron chi connectivity index (χ4n) is 2.96. The third kappa shape index (κ3) is 1.93. The molecule has 2 aliphatic rings. The van der Waals surface area contributed by atoms with E-state index in [1.54, 1.807) is 6.07 Å². The summed E-state index contributed by atoms with van der Waals surface area (Å²) in [7, 11) is 0.186. The lowest BCUT2D eigenvalue weighted by Crippen LogP contribution is -2.39. The van der Waals surface area contributed by atoms with Crippen molar-refractivity contribution >= 4 is 43.3 Å². The fourth-order valence-corrected chi connectivity index (χ4v) is 5.55. The molecule has 0 spiro atoms. The van der Waals surface area contributed by atoms with Crippen molar-refractivity contribution in [3.63, 3.8) is 0 Å². The van der Waals surface area contributed by atoms with Crippen LogP contribution in [-0.4, -0.2) is 36.2 Å². The van der Waals surface area contributed by atoms with Crippen molar-refractivity contribution in [1.82, 2.24) is 0 Å². The summed E-state index contributed by atoms with van der Waals surface area (Å²) in [5.41, 5.74) is 3.20. The number of rotatable bonds is 3. The quantitative estimate of drug-likeness (QED) is 0.733. The van der Waals surface area contributed by atoms with E-state index in [1.165, 1.54) is 16.4 Å². The molecule has 1 aromatic carbocycles. The van der Waals surface area contributed by atoms with E-state index in [4.69, 9.17) is 0 Å². The molecule has 0 unspecified atom stereocenters. The van der Waals surface area contributed by atoms with Crippen LogP contribution < -0.4 is 15.9 Å². The first kappa shape index (κ1) is 13.8. The summed E-state index contributed by atoms with van der Waals surface area (Å²) in [5, 5.41) is 21.2. The Balaban J connectivity index is 2.34. The monoisotopic (exact) mass is 294 g/mol. The largest absolute Gasteiger partial charge is 0.488 e. The molecule has 20 heavy (non-hydrogen) atoms. The molecule has 0 amide bonds. The Kier molecular flexibility index (Phi) is 3.46. The summed E-state index contributed by atoms with van der Waals surface area (Å²) in [4.78, 5) is 0. The van der Waals surface area contributed by atoms with Gasteiger partial charge >= 0.3 is 7.12 Å². The van der Waals surface area contributed by atoms with Gasteiger partial charge in [0, 0.05) is 19.0 Å². The van der Waals surface area contributed by atoms with Crippen molar-refractivity contribution in [3.05, 3.63) is 52.4 Å². The highest BCUT2D eigenvalue weighted by atomic mass is 28.3. The molecule has 0 saturated heterocycles. The minimum absolute atomic E-state index is 0.116. The second-order valence-corrected chi connectivity index (χ2v) is 8.11. The molecule has 3 rings (SSSR count). The zero-order chi connectivity index (χ0) is 14.3. The SMILES string of the molecule is C[Si]C1([Si]C)C=CC=C2C=c3ccc(B(O)O)cc3=C21. The number of benzene rings is 1. The maximum Gasteiger partial charge on any atom is 0.488 e. The average Bonchev–Trinajstić information content (AvgIpc) is 2.85. The van der Waals surface area contributed by atoms with Gasteiger partial charge in [0.25, 0.3) is 0 Å². The lowest BCUT2D eigenvalue weighted by molar-refractivity contribution is 0.425. The summed E-state index contributed by atoms with van der Waals surface area (Å²) in [6.45, 7) is 4.50. The van der Waals surface area contributed by atoms with Crippen LogP contribution in [0.3, 0.4) is 0 Å². The van der Waals surface area contributed by atoms with Gasteiger partial charge in [0.15, 0.2) is 0 Å². The van der Waals surface area contributed by atoms with E-state index >= 15 is 0 Å². The summed E-state index contributed by atoms with van der Waals surface area (Å²) in [5.74, 6) is 0. The van der Waals surface area contributed by atoms with Crippen molar-refractivity contribution in [1.29, 1.82) is 0 Å². The molecule has 4 radical (unpaired) electrons. The smallest absolute Gasteiger partial charge is 0.423 e. The van der Waals surface area contributed by atoms with Crippen molar-refractivity contribution in [2.24, 2.45) is 0 Å². The van der Waals surface area contributed by atoms with Crippen LogP contribution in [0.5, 0.6) is 0 Å². The summed E-state index contributed by atoms with van der Waals surface area (Å²) in [6, 6.07) is 5.70. The summed E-state index contributed by atoms with van der Waals surface area (Å²) in [6.07, 6.45) is 8.84. The molecular formula is C15H15BO2Si2. The van der Waals surface area contributed by atoms with E-state index in [1.807, 2.05) is 12.1 Å². The molecule has 2 aliphatic carbocycles. The third-order valence-electron chi connectivity index (χ3n) is 4.05. The summed E-state index contributed by atoms with van der Waals surface area (Å²) >= 11 is 0. The zero-order valence-electron chi connectivity index (χ0n) is 11.5. The van der Waals surface area contributed by atoms with Crippen molar-refractivity contribution in [3.8, 4) is 0 Å². The standard InChI is InChI=1S/C15H15BO2Si2/c1-19-15(20-2)7-3-4-11-8-10-5-6-12(16(17)18)9-13(10)14(11)15/h3-9,17-18H,1-2H3. The van der Waals surface area contributed by atoms with E-state index < -0.39 is 7.12 Å². The van der Waals surface area contributed by atoms with Gasteiger partial charge in [-0.15, -0.1) is 0 Å². The van der Waals surface area contributed by atoms with Gasteiger partial charge < -0.3 is 10.0 Å². The summed E-state index contributed by atoms with van der Waals surface area (Å²) < 4.78 is 0.116. The number of allylic oxidation sites excluding steroid dienone is 4. The molecule has 0 heterocycles. The highest BCUT2D eigenvalue weighted by molar-refractivity contribution is 6.66. The molecule has 2 N–H and O–H groups in total. The Labute approximate surface area is 124 Å². The normalized spacial score (nSPS) is 18.2. The van der Waals surface area contributed by atoms with Crippen LogP contribution in [-0.2, 0) is 0 Å². The molecule has 2 nitrogen and oxygen atoms in total. The second-order valence-electron chi connectivity index (χ2n) is 5.03. The Bertz CT molecular complexity index is 731. The van der Waals surface area contributed by atoms with Gasteiger partial charge in [0.1, 0.15) is 0 Å². The minimum atomic E-state index is -1.41. The first-order valence-electron chi connectivity index (χ1n) is 6.61. The Hall–Kier alpha value is -1.14. The van der Waals surface area contributed by atoms with Gasteiger partial charge in [-0.2, -0.15) is 0 Å². The van der Waals surface area contributed by atoms with Crippen LogP contribution >= 0.6 is 0 Å². The van der Waals surface area contributed by atoms with Gasteiger partial charge in [0.05, 0.1) is 0 Å². The molecule has 0 fully saturated rings. The van der Waals surface area contributed by atoms with Gasteiger partial charge in [-0.05, 0) is 37.8 Å². The highest BCUT2D eigenvalue weighted by Gasteiger charge is 2.34. The number of fused-ring (bicyclic) bond motifs is 2. The Morgan fingerprint density at radius 1 is 1.15 bits per heavy atom. The minimum Gasteiger partial charge on any atom is -0.423 e. The topological polar surface area (TPSA) is 40.5 Å². The first-order chi connectivity index (χ1) is 9.61. The average molecular weight is 294 g/mol. The predicted octanol–water partition coefficient (Wildman–Crippen LogP) is -0.572. The molecule has 98 valence electrons. The van der Waals surface area contributed by atoms with E-state index in [9.17, 15) is 10.0 Å². The number of hydrogen-bond donors (Lipinski definition) is 2. The molecule has 5 heteroatoms. The van der Waals surface area contributed by atoms with Gasteiger partial charge in [0.2, 0.25) is 0 Å².